The van der Waals surface area contributed by atoms with Crippen molar-refractivity contribution >= 4 is 5.91 Å². The Hall–Kier alpha value is -4.11. The first-order valence-corrected chi connectivity index (χ1v) is 13.3. The lowest BCUT2D eigenvalue weighted by Crippen LogP contribution is -2.49. The van der Waals surface area contributed by atoms with Crippen molar-refractivity contribution in [2.75, 3.05) is 13.2 Å². The van der Waals surface area contributed by atoms with E-state index in [9.17, 15) is 14.4 Å². The van der Waals surface area contributed by atoms with E-state index in [0.29, 0.717) is 36.4 Å². The molecule has 0 radical (unpaired) electrons. The lowest BCUT2D eigenvalue weighted by molar-refractivity contribution is -0.151. The van der Waals surface area contributed by atoms with Crippen LogP contribution in [0, 0.1) is 6.92 Å². The monoisotopic (exact) mass is 540 g/mol. The van der Waals surface area contributed by atoms with Crippen LogP contribution in [0.15, 0.2) is 107 Å². The van der Waals surface area contributed by atoms with E-state index in [0.717, 1.165) is 11.1 Å². The number of aryl methyl sites for hydroxylation is 1. The first-order valence-electron chi connectivity index (χ1n) is 13.3. The first-order chi connectivity index (χ1) is 19.5. The Balaban J connectivity index is 1.37. The number of carbonyl (C=O) groups excluding carboxylic acids is 1. The van der Waals surface area contributed by atoms with Crippen molar-refractivity contribution in [1.82, 2.24) is 9.13 Å². The molecule has 1 saturated heterocycles. The number of benzene rings is 3. The number of aromatic nitrogens is 2. The lowest BCUT2D eigenvalue weighted by Gasteiger charge is -2.37. The molecule has 0 bridgehead atoms. The molecule has 1 fully saturated rings. The minimum atomic E-state index is -0.696. The van der Waals surface area contributed by atoms with Crippen LogP contribution in [0.25, 0.3) is 0 Å². The van der Waals surface area contributed by atoms with Crippen molar-refractivity contribution in [2.24, 2.45) is 0 Å². The van der Waals surface area contributed by atoms with E-state index in [2.05, 4.69) is 0 Å². The molecule has 40 heavy (non-hydrogen) atoms. The van der Waals surface area contributed by atoms with Crippen molar-refractivity contribution in [2.45, 2.75) is 44.8 Å². The predicted octanol–water partition coefficient (Wildman–Crippen LogP) is 4.14. The van der Waals surface area contributed by atoms with Gasteiger partial charge >= 0.3 is 5.69 Å². The molecular formula is C32H32N2O6. The summed E-state index contributed by atoms with van der Waals surface area (Å²) in [5.74, 6) is -0.658. The Labute approximate surface area is 232 Å². The molecule has 0 N–H and O–H groups in total. The van der Waals surface area contributed by atoms with Crippen molar-refractivity contribution in [3.8, 4) is 0 Å². The molecule has 4 aromatic rings. The second-order valence-electron chi connectivity index (χ2n) is 9.91. The van der Waals surface area contributed by atoms with Crippen LogP contribution in [0.5, 0.6) is 0 Å². The van der Waals surface area contributed by atoms with E-state index in [1.807, 2.05) is 60.7 Å². The standard InChI is InChI=1S/C32H32N2O6/c1-23-18-33(32(37)34(30(23)35)31(36)26-15-9-4-10-16-26)27-17-28(39-20-25-13-7-3-8-14-25)29(40-21-27)22-38-19-24-11-5-2-6-12-24/h2-16,18,27-29H,17,19-22H2,1H3/t27-,28+,29-/m1/s1. The van der Waals surface area contributed by atoms with E-state index in [1.165, 1.54) is 10.8 Å². The van der Waals surface area contributed by atoms with Crippen molar-refractivity contribution in [3.05, 3.63) is 140 Å². The van der Waals surface area contributed by atoms with Crippen molar-refractivity contribution in [1.29, 1.82) is 0 Å². The quantitative estimate of drug-likeness (QED) is 0.317. The summed E-state index contributed by atoms with van der Waals surface area (Å²) in [5.41, 5.74) is 1.31. The van der Waals surface area contributed by atoms with Crippen LogP contribution in [-0.4, -0.2) is 40.5 Å². The van der Waals surface area contributed by atoms with Crippen molar-refractivity contribution < 1.29 is 19.0 Å². The Morgan fingerprint density at radius 2 is 1.48 bits per heavy atom. The maximum absolute atomic E-state index is 13.5. The van der Waals surface area contributed by atoms with Gasteiger partial charge in [0.05, 0.1) is 38.6 Å². The molecule has 2 heterocycles. The highest BCUT2D eigenvalue weighted by atomic mass is 16.6. The normalized spacial score (nSPS) is 18.9. The van der Waals surface area contributed by atoms with Crippen LogP contribution >= 0.6 is 0 Å². The zero-order chi connectivity index (χ0) is 27.9. The van der Waals surface area contributed by atoms with Gasteiger partial charge in [-0.1, -0.05) is 78.9 Å². The summed E-state index contributed by atoms with van der Waals surface area (Å²) in [6, 6.07) is 27.6. The molecule has 5 rings (SSSR count). The van der Waals surface area contributed by atoms with Gasteiger partial charge in [0.2, 0.25) is 0 Å². The lowest BCUT2D eigenvalue weighted by atomic mass is 10.0. The average Bonchev–Trinajstić information content (AvgIpc) is 3.00. The van der Waals surface area contributed by atoms with Crippen LogP contribution in [0.3, 0.4) is 0 Å². The summed E-state index contributed by atoms with van der Waals surface area (Å²) in [4.78, 5) is 39.6. The Bertz CT molecular complexity index is 1530. The number of hydrogen-bond donors (Lipinski definition) is 0. The fourth-order valence-electron chi connectivity index (χ4n) is 4.85. The molecule has 1 aromatic heterocycles. The predicted molar refractivity (Wildman–Crippen MR) is 150 cm³/mol. The van der Waals surface area contributed by atoms with Crippen LogP contribution in [0.1, 0.15) is 39.5 Å². The molecule has 0 amide bonds. The summed E-state index contributed by atoms with van der Waals surface area (Å²) in [6.07, 6.45) is 1.22. The fraction of sp³-hybridized carbons (Fsp3) is 0.281. The second kappa shape index (κ2) is 12.8. The SMILES string of the molecule is Cc1cn([C@H]2CO[C@H](COCc3ccccc3)[C@@H](OCc3ccccc3)C2)c(=O)n(C(=O)c2ccccc2)c1=O. The highest BCUT2D eigenvalue weighted by molar-refractivity contribution is 5.95. The molecule has 0 saturated carbocycles. The van der Waals surface area contributed by atoms with E-state index in [-0.39, 0.29) is 24.4 Å². The highest BCUT2D eigenvalue weighted by Crippen LogP contribution is 2.27. The van der Waals surface area contributed by atoms with Crippen LogP contribution < -0.4 is 11.2 Å². The summed E-state index contributed by atoms with van der Waals surface area (Å²) >= 11 is 0. The first kappa shape index (κ1) is 27.5. The van der Waals surface area contributed by atoms with E-state index >= 15 is 0 Å². The van der Waals surface area contributed by atoms with Crippen LogP contribution in [0.4, 0.5) is 0 Å². The minimum Gasteiger partial charge on any atom is -0.374 e. The third-order valence-electron chi connectivity index (χ3n) is 7.02. The number of hydrogen-bond acceptors (Lipinski definition) is 6. The maximum Gasteiger partial charge on any atom is 0.338 e. The average molecular weight is 541 g/mol. The molecule has 1 aliphatic rings. The van der Waals surface area contributed by atoms with Gasteiger partial charge in [0.25, 0.3) is 11.5 Å². The highest BCUT2D eigenvalue weighted by Gasteiger charge is 2.34. The van der Waals surface area contributed by atoms with E-state index in [4.69, 9.17) is 14.2 Å². The molecule has 8 nitrogen and oxygen atoms in total. The number of nitrogens with zero attached hydrogens (tertiary/aromatic N) is 2. The topological polar surface area (TPSA) is 88.8 Å². The van der Waals surface area contributed by atoms with Gasteiger partial charge in [-0.3, -0.25) is 14.2 Å². The van der Waals surface area contributed by atoms with Gasteiger partial charge in [-0.15, -0.1) is 0 Å². The number of carbonyl (C=O) groups is 1. The molecule has 0 unspecified atom stereocenters. The molecule has 3 atom stereocenters. The Morgan fingerprint density at radius 1 is 0.875 bits per heavy atom. The largest absolute Gasteiger partial charge is 0.374 e. The van der Waals surface area contributed by atoms with Gasteiger partial charge < -0.3 is 14.2 Å². The van der Waals surface area contributed by atoms with E-state index in [1.54, 1.807) is 37.3 Å². The third-order valence-corrected chi connectivity index (χ3v) is 7.02. The van der Waals surface area contributed by atoms with E-state index < -0.39 is 23.2 Å². The zero-order valence-electron chi connectivity index (χ0n) is 22.3. The molecule has 3 aromatic carbocycles. The summed E-state index contributed by atoms with van der Waals surface area (Å²) < 4.78 is 20.6. The Morgan fingerprint density at radius 3 is 2.12 bits per heavy atom. The molecular weight excluding hydrogens is 508 g/mol. The van der Waals surface area contributed by atoms with Crippen LogP contribution in [-0.2, 0) is 27.4 Å². The molecule has 0 aliphatic carbocycles. The summed E-state index contributed by atoms with van der Waals surface area (Å²) in [7, 11) is 0. The second-order valence-corrected chi connectivity index (χ2v) is 9.91. The van der Waals surface area contributed by atoms with Gasteiger partial charge in [-0.05, 0) is 36.6 Å². The van der Waals surface area contributed by atoms with Gasteiger partial charge in [0, 0.05) is 17.3 Å². The zero-order valence-corrected chi connectivity index (χ0v) is 22.3. The van der Waals surface area contributed by atoms with Gasteiger partial charge in [0.15, 0.2) is 0 Å². The number of ether oxygens (including phenoxy) is 3. The van der Waals surface area contributed by atoms with Gasteiger partial charge in [-0.2, -0.15) is 4.57 Å². The fourth-order valence-corrected chi connectivity index (χ4v) is 4.85. The molecule has 8 heteroatoms. The minimum absolute atomic E-state index is 0.210. The third kappa shape index (κ3) is 6.37. The molecule has 0 spiro atoms. The smallest absolute Gasteiger partial charge is 0.338 e. The summed E-state index contributed by atoms with van der Waals surface area (Å²) in [5, 5.41) is 0. The Kier molecular flexibility index (Phi) is 8.81. The molecule has 1 aliphatic heterocycles. The number of rotatable bonds is 9. The summed E-state index contributed by atoms with van der Waals surface area (Å²) in [6.45, 7) is 2.94. The van der Waals surface area contributed by atoms with Gasteiger partial charge in [0.1, 0.15) is 6.10 Å². The maximum atomic E-state index is 13.5. The molecule has 206 valence electrons. The van der Waals surface area contributed by atoms with Crippen molar-refractivity contribution in [3.63, 3.8) is 0 Å². The van der Waals surface area contributed by atoms with Crippen LogP contribution in [0.2, 0.25) is 0 Å². The van der Waals surface area contributed by atoms with Gasteiger partial charge in [-0.25, -0.2) is 4.79 Å².